The summed E-state index contributed by atoms with van der Waals surface area (Å²) in [4.78, 5) is 21.8. The number of carbonyl (C=O) groups is 2. The van der Waals surface area contributed by atoms with Crippen molar-refractivity contribution in [1.29, 1.82) is 0 Å². The molecule has 0 fully saturated rings. The minimum Gasteiger partial charge on any atom is -0.478 e. The van der Waals surface area contributed by atoms with Crippen molar-refractivity contribution in [3.63, 3.8) is 0 Å². The molecule has 1 rings (SSSR count). The molecule has 1 aromatic rings. The van der Waals surface area contributed by atoms with Gasteiger partial charge in [0.1, 0.15) is 0 Å². The second-order valence-corrected chi connectivity index (χ2v) is 3.22. The van der Waals surface area contributed by atoms with Crippen LogP contribution >= 0.6 is 0 Å². The summed E-state index contributed by atoms with van der Waals surface area (Å²) in [6.45, 7) is 3.74. The number of rotatable bonds is 4. The Kier molecular flexibility index (Phi) is 3.63. The van der Waals surface area contributed by atoms with Gasteiger partial charge in [0, 0.05) is 7.11 Å². The van der Waals surface area contributed by atoms with E-state index in [-0.39, 0.29) is 23.3 Å². The van der Waals surface area contributed by atoms with Gasteiger partial charge in [0.25, 0.3) is 0 Å². The standard InChI is InChI=1S/C11H11O5/c1-6-3-7(5-16-2)4-8(10(12)13)9(6)11(14)15/h3-4H,1,5H2,2H3,(H,12,13)(H,14,15). The molecule has 0 bridgehead atoms. The van der Waals surface area contributed by atoms with Crippen molar-refractivity contribution in [3.05, 3.63) is 41.3 Å². The number of carboxylic acid groups (broad SMARTS) is 2. The lowest BCUT2D eigenvalue weighted by Gasteiger charge is -2.08. The van der Waals surface area contributed by atoms with E-state index in [2.05, 4.69) is 6.92 Å². The molecule has 0 atom stereocenters. The molecule has 0 aliphatic rings. The van der Waals surface area contributed by atoms with Crippen LogP contribution in [-0.2, 0) is 11.3 Å². The Morgan fingerprint density at radius 3 is 2.38 bits per heavy atom. The Bertz CT molecular complexity index is 436. The van der Waals surface area contributed by atoms with Gasteiger partial charge in [-0.25, -0.2) is 9.59 Å². The molecular formula is C11H11O5. The minimum absolute atomic E-state index is 0.166. The topological polar surface area (TPSA) is 83.8 Å². The fraction of sp³-hybridized carbons (Fsp3) is 0.182. The quantitative estimate of drug-likeness (QED) is 0.806. The van der Waals surface area contributed by atoms with Crippen LogP contribution in [0.25, 0.3) is 0 Å². The lowest BCUT2D eigenvalue weighted by molar-refractivity contribution is 0.0650. The molecule has 1 aromatic carbocycles. The number of ether oxygens (including phenoxy) is 1. The first kappa shape index (κ1) is 12.2. The smallest absolute Gasteiger partial charge is 0.336 e. The molecule has 0 aliphatic carbocycles. The normalized spacial score (nSPS) is 10.1. The van der Waals surface area contributed by atoms with Crippen molar-refractivity contribution in [2.45, 2.75) is 6.61 Å². The molecule has 0 amide bonds. The molecular weight excluding hydrogens is 212 g/mol. The summed E-state index contributed by atoms with van der Waals surface area (Å²) in [6, 6.07) is 2.78. The van der Waals surface area contributed by atoms with E-state index in [1.807, 2.05) is 0 Å². The highest BCUT2D eigenvalue weighted by atomic mass is 16.5. The second kappa shape index (κ2) is 4.76. The maximum Gasteiger partial charge on any atom is 0.336 e. The third-order valence-electron chi connectivity index (χ3n) is 2.04. The van der Waals surface area contributed by atoms with Crippen LogP contribution < -0.4 is 0 Å². The predicted molar refractivity (Wildman–Crippen MR) is 55.5 cm³/mol. The molecule has 85 valence electrons. The van der Waals surface area contributed by atoms with Crippen LogP contribution in [0.4, 0.5) is 0 Å². The van der Waals surface area contributed by atoms with Crippen molar-refractivity contribution in [2.75, 3.05) is 7.11 Å². The van der Waals surface area contributed by atoms with E-state index in [0.717, 1.165) is 0 Å². The Morgan fingerprint density at radius 1 is 1.31 bits per heavy atom. The zero-order valence-corrected chi connectivity index (χ0v) is 8.69. The summed E-state index contributed by atoms with van der Waals surface area (Å²) in [6.07, 6.45) is 0. The van der Waals surface area contributed by atoms with Gasteiger partial charge >= 0.3 is 11.9 Å². The van der Waals surface area contributed by atoms with Crippen LogP contribution in [0.5, 0.6) is 0 Å². The number of methoxy groups -OCH3 is 1. The van der Waals surface area contributed by atoms with E-state index >= 15 is 0 Å². The van der Waals surface area contributed by atoms with E-state index in [9.17, 15) is 9.59 Å². The fourth-order valence-electron chi connectivity index (χ4n) is 1.44. The highest BCUT2D eigenvalue weighted by molar-refractivity contribution is 6.03. The van der Waals surface area contributed by atoms with Crippen LogP contribution in [0, 0.1) is 6.92 Å². The second-order valence-electron chi connectivity index (χ2n) is 3.22. The van der Waals surface area contributed by atoms with Crippen molar-refractivity contribution >= 4 is 11.9 Å². The summed E-state index contributed by atoms with van der Waals surface area (Å²) in [5.41, 5.74) is 0.189. The first-order chi connectivity index (χ1) is 7.47. The number of benzene rings is 1. The van der Waals surface area contributed by atoms with Crippen molar-refractivity contribution in [1.82, 2.24) is 0 Å². The maximum absolute atomic E-state index is 10.9. The zero-order chi connectivity index (χ0) is 12.3. The van der Waals surface area contributed by atoms with Crippen molar-refractivity contribution in [3.8, 4) is 0 Å². The van der Waals surface area contributed by atoms with Crippen LogP contribution in [0.1, 0.15) is 31.8 Å². The molecule has 0 unspecified atom stereocenters. The molecule has 0 saturated carbocycles. The predicted octanol–water partition coefficient (Wildman–Crippen LogP) is 1.41. The lowest BCUT2D eigenvalue weighted by Crippen LogP contribution is -2.11. The van der Waals surface area contributed by atoms with E-state index in [1.165, 1.54) is 19.2 Å². The average molecular weight is 223 g/mol. The summed E-state index contributed by atoms with van der Waals surface area (Å²) in [7, 11) is 1.47. The molecule has 2 N–H and O–H groups in total. The van der Waals surface area contributed by atoms with E-state index < -0.39 is 11.9 Å². The molecule has 5 nitrogen and oxygen atoms in total. The number of hydrogen-bond donors (Lipinski definition) is 2. The third-order valence-corrected chi connectivity index (χ3v) is 2.04. The van der Waals surface area contributed by atoms with Crippen LogP contribution in [-0.4, -0.2) is 29.3 Å². The van der Waals surface area contributed by atoms with Gasteiger partial charge in [-0.2, -0.15) is 0 Å². The number of hydrogen-bond acceptors (Lipinski definition) is 3. The van der Waals surface area contributed by atoms with Crippen molar-refractivity contribution < 1.29 is 24.5 Å². The van der Waals surface area contributed by atoms with Gasteiger partial charge in [0.05, 0.1) is 17.7 Å². The number of aromatic carboxylic acids is 2. The van der Waals surface area contributed by atoms with E-state index in [0.29, 0.717) is 5.56 Å². The molecule has 0 saturated heterocycles. The summed E-state index contributed by atoms with van der Waals surface area (Å²) < 4.78 is 4.85. The summed E-state index contributed by atoms with van der Waals surface area (Å²) >= 11 is 0. The molecule has 0 heterocycles. The SMILES string of the molecule is [CH2]c1cc(COC)cc(C(=O)O)c1C(=O)O. The molecule has 0 aliphatic heterocycles. The Morgan fingerprint density at radius 2 is 1.94 bits per heavy atom. The lowest BCUT2D eigenvalue weighted by atomic mass is 9.98. The highest BCUT2D eigenvalue weighted by Gasteiger charge is 2.19. The average Bonchev–Trinajstić information content (AvgIpc) is 2.16. The van der Waals surface area contributed by atoms with Gasteiger partial charge in [-0.05, 0) is 24.1 Å². The first-order valence-corrected chi connectivity index (χ1v) is 4.41. The van der Waals surface area contributed by atoms with Gasteiger partial charge in [-0.1, -0.05) is 6.07 Å². The summed E-state index contributed by atoms with van der Waals surface area (Å²) in [5, 5.41) is 17.8. The molecule has 0 aromatic heterocycles. The Labute approximate surface area is 92.3 Å². The molecule has 0 spiro atoms. The minimum atomic E-state index is -1.30. The van der Waals surface area contributed by atoms with Crippen molar-refractivity contribution in [2.24, 2.45) is 0 Å². The van der Waals surface area contributed by atoms with Gasteiger partial charge in [-0.15, -0.1) is 0 Å². The van der Waals surface area contributed by atoms with Gasteiger partial charge in [-0.3, -0.25) is 0 Å². The third kappa shape index (κ3) is 2.38. The Balaban J connectivity index is 3.39. The van der Waals surface area contributed by atoms with Crippen LogP contribution in [0.3, 0.4) is 0 Å². The van der Waals surface area contributed by atoms with Crippen LogP contribution in [0.15, 0.2) is 12.1 Å². The van der Waals surface area contributed by atoms with Gasteiger partial charge in [0.2, 0.25) is 0 Å². The van der Waals surface area contributed by atoms with Gasteiger partial charge in [0.15, 0.2) is 0 Å². The summed E-state index contributed by atoms with van der Waals surface area (Å²) in [5.74, 6) is -2.59. The molecule has 16 heavy (non-hydrogen) atoms. The van der Waals surface area contributed by atoms with Crippen LogP contribution in [0.2, 0.25) is 0 Å². The zero-order valence-electron chi connectivity index (χ0n) is 8.69. The highest BCUT2D eigenvalue weighted by Crippen LogP contribution is 2.18. The van der Waals surface area contributed by atoms with E-state index in [1.54, 1.807) is 0 Å². The molecule has 5 heteroatoms. The largest absolute Gasteiger partial charge is 0.478 e. The maximum atomic E-state index is 10.9. The first-order valence-electron chi connectivity index (χ1n) is 4.41. The monoisotopic (exact) mass is 223 g/mol. The fourth-order valence-corrected chi connectivity index (χ4v) is 1.44. The van der Waals surface area contributed by atoms with E-state index in [4.69, 9.17) is 14.9 Å². The Hall–Kier alpha value is -1.88. The number of carboxylic acids is 2. The van der Waals surface area contributed by atoms with Gasteiger partial charge < -0.3 is 14.9 Å². The molecule has 1 radical (unpaired) electrons.